The van der Waals surface area contributed by atoms with Gasteiger partial charge in [0.05, 0.1) is 33.4 Å². The maximum absolute atomic E-state index is 6.89. The number of aromatic nitrogens is 2. The maximum Gasteiger partial charge on any atom is 0.202 e. The van der Waals surface area contributed by atoms with E-state index in [1.165, 1.54) is 43.6 Å². The van der Waals surface area contributed by atoms with Gasteiger partial charge in [0.2, 0.25) is 7.28 Å². The predicted molar refractivity (Wildman–Crippen MR) is 273 cm³/mol. The normalized spacial score (nSPS) is 11.9. The first-order valence-corrected chi connectivity index (χ1v) is 22.2. The van der Waals surface area contributed by atoms with Crippen LogP contribution < -0.4 is 21.0 Å². The third kappa shape index (κ3) is 6.08. The lowest BCUT2D eigenvalue weighted by Crippen LogP contribution is -2.35. The van der Waals surface area contributed by atoms with Crippen molar-refractivity contribution in [3.63, 3.8) is 0 Å². The Morgan fingerprint density at radius 3 is 1.45 bits per heavy atom. The average molecular weight is 829 g/mol. The van der Waals surface area contributed by atoms with E-state index in [9.17, 15) is 0 Å². The van der Waals surface area contributed by atoms with E-state index < -0.39 is 0 Å². The molecular formula is C60H39BN3O. The molecule has 0 saturated carbocycles. The lowest BCUT2D eigenvalue weighted by Gasteiger charge is -2.26. The van der Waals surface area contributed by atoms with Crippen molar-refractivity contribution < 1.29 is 4.74 Å². The fourth-order valence-corrected chi connectivity index (χ4v) is 10.1. The minimum atomic E-state index is 0.819. The van der Waals surface area contributed by atoms with Gasteiger partial charge in [0.1, 0.15) is 11.5 Å². The van der Waals surface area contributed by atoms with Crippen LogP contribution in [-0.4, -0.2) is 16.4 Å². The van der Waals surface area contributed by atoms with E-state index in [4.69, 9.17) is 4.74 Å². The first-order chi connectivity index (χ1) is 32.2. The third-order valence-corrected chi connectivity index (χ3v) is 13.0. The lowest BCUT2D eigenvalue weighted by molar-refractivity contribution is 0.488. The number of rotatable bonds is 7. The summed E-state index contributed by atoms with van der Waals surface area (Å²) in [5, 5.41) is 8.83. The Balaban J connectivity index is 1.04. The summed E-state index contributed by atoms with van der Waals surface area (Å²) in [5.74, 6) is 1.66. The van der Waals surface area contributed by atoms with E-state index in [-0.39, 0.29) is 0 Å². The highest BCUT2D eigenvalue weighted by Gasteiger charge is 2.26. The molecule has 10 aromatic carbocycles. The number of hydrogen-bond donors (Lipinski definition) is 1. The van der Waals surface area contributed by atoms with Crippen molar-refractivity contribution in [2.45, 2.75) is 0 Å². The molecule has 303 valence electrons. The molecule has 0 amide bonds. The molecule has 2 aromatic heterocycles. The largest absolute Gasteiger partial charge is 0.458 e. The van der Waals surface area contributed by atoms with Crippen molar-refractivity contribution in [3.05, 3.63) is 231 Å². The molecule has 13 rings (SSSR count). The molecule has 0 spiro atoms. The van der Waals surface area contributed by atoms with Crippen molar-refractivity contribution in [1.29, 1.82) is 0 Å². The number of nitrogens with one attached hydrogen (secondary N) is 1. The van der Waals surface area contributed by atoms with Gasteiger partial charge in [-0.15, -0.1) is 0 Å². The van der Waals surface area contributed by atoms with Gasteiger partial charge in [0.25, 0.3) is 0 Å². The number of ether oxygens (including phenoxy) is 1. The van der Waals surface area contributed by atoms with E-state index >= 15 is 0 Å². The first kappa shape index (κ1) is 37.1. The molecule has 0 fully saturated rings. The van der Waals surface area contributed by atoms with Crippen LogP contribution in [0.4, 0.5) is 11.4 Å². The van der Waals surface area contributed by atoms with Crippen LogP contribution in [0.5, 0.6) is 11.5 Å². The molecule has 0 saturated heterocycles. The van der Waals surface area contributed by atoms with Gasteiger partial charge in [-0.2, -0.15) is 0 Å². The Hall–Kier alpha value is -8.54. The van der Waals surface area contributed by atoms with Crippen molar-refractivity contribution in [1.82, 2.24) is 9.13 Å². The van der Waals surface area contributed by atoms with Gasteiger partial charge in [-0.1, -0.05) is 158 Å². The van der Waals surface area contributed by atoms with Gasteiger partial charge in [0.15, 0.2) is 0 Å². The van der Waals surface area contributed by atoms with Crippen molar-refractivity contribution >= 4 is 73.2 Å². The fraction of sp³-hybridized carbons (Fsp3) is 0. The van der Waals surface area contributed by atoms with Gasteiger partial charge in [0, 0.05) is 49.6 Å². The zero-order valence-corrected chi connectivity index (χ0v) is 35.3. The van der Waals surface area contributed by atoms with Gasteiger partial charge in [-0.05, 0) is 100 Å². The van der Waals surface area contributed by atoms with E-state index in [1.807, 2.05) is 6.07 Å². The third-order valence-electron chi connectivity index (χ3n) is 13.0. The minimum Gasteiger partial charge on any atom is -0.458 e. The second-order valence-electron chi connectivity index (χ2n) is 16.7. The Labute approximate surface area is 377 Å². The van der Waals surface area contributed by atoms with Crippen LogP contribution in [0.25, 0.3) is 88.4 Å². The monoisotopic (exact) mass is 828 g/mol. The Kier molecular flexibility index (Phi) is 8.60. The van der Waals surface area contributed by atoms with E-state index in [2.05, 4.69) is 246 Å². The number of hydrogen-bond acceptors (Lipinski definition) is 2. The standard InChI is InChI=1S/C60H39BN3O/c1-2-18-41(19-3-1)62-51-37-39(42-20-4-11-27-52(42)63-54-29-13-6-22-45(54)46-23-7-14-30-55(46)63)34-35-44(51)49-36-40(38-59-60(49)61-50-26-10-17-33-58(50)65-59)43-21-5-12-28-53(43)64-56-31-15-8-24-47(56)48-25-9-16-32-57(48)64/h1-38,62H. The van der Waals surface area contributed by atoms with E-state index in [0.717, 1.165) is 78.6 Å². The number of nitrogens with zero attached hydrogens (tertiary/aromatic N) is 2. The zero-order chi connectivity index (χ0) is 42.8. The summed E-state index contributed by atoms with van der Waals surface area (Å²) in [6, 6.07) is 82.6. The topological polar surface area (TPSA) is 31.1 Å². The predicted octanol–water partition coefficient (Wildman–Crippen LogP) is 14.4. The Bertz CT molecular complexity index is 3720. The van der Waals surface area contributed by atoms with Crippen LogP contribution in [0, 0.1) is 0 Å². The molecule has 65 heavy (non-hydrogen) atoms. The maximum atomic E-state index is 6.89. The summed E-state index contributed by atoms with van der Waals surface area (Å²) in [4.78, 5) is 0. The summed E-state index contributed by atoms with van der Waals surface area (Å²) in [7, 11) is 2.28. The van der Waals surface area contributed by atoms with Gasteiger partial charge in [-0.3, -0.25) is 0 Å². The molecule has 5 heteroatoms. The fourth-order valence-electron chi connectivity index (χ4n) is 10.1. The number of para-hydroxylation sites is 8. The molecule has 0 unspecified atom stereocenters. The minimum absolute atomic E-state index is 0.819. The second kappa shape index (κ2) is 15.1. The van der Waals surface area contributed by atoms with Gasteiger partial charge < -0.3 is 19.2 Å². The van der Waals surface area contributed by atoms with E-state index in [0.29, 0.717) is 0 Å². The quantitative estimate of drug-likeness (QED) is 0.162. The molecule has 0 bridgehead atoms. The average Bonchev–Trinajstić information content (AvgIpc) is 3.89. The highest BCUT2D eigenvalue weighted by Crippen LogP contribution is 2.43. The van der Waals surface area contributed by atoms with Crippen LogP contribution in [0.3, 0.4) is 0 Å². The summed E-state index contributed by atoms with van der Waals surface area (Å²) < 4.78 is 11.7. The smallest absolute Gasteiger partial charge is 0.202 e. The van der Waals surface area contributed by atoms with Crippen molar-refractivity contribution in [3.8, 4) is 56.3 Å². The highest BCUT2D eigenvalue weighted by atomic mass is 16.5. The summed E-state index contributed by atoms with van der Waals surface area (Å²) in [5.41, 5.74) is 17.6. The van der Waals surface area contributed by atoms with E-state index in [1.54, 1.807) is 0 Å². The van der Waals surface area contributed by atoms with Crippen LogP contribution >= 0.6 is 0 Å². The Morgan fingerprint density at radius 2 is 0.846 bits per heavy atom. The molecule has 0 atom stereocenters. The molecule has 1 aliphatic heterocycles. The van der Waals surface area contributed by atoms with Gasteiger partial charge in [-0.25, -0.2) is 0 Å². The molecule has 1 aliphatic rings. The highest BCUT2D eigenvalue weighted by molar-refractivity contribution is 6.71. The first-order valence-electron chi connectivity index (χ1n) is 22.2. The lowest BCUT2D eigenvalue weighted by atomic mass is 9.59. The summed E-state index contributed by atoms with van der Waals surface area (Å²) in [6.45, 7) is 0. The number of benzene rings is 10. The number of anilines is 2. The molecule has 12 aromatic rings. The molecular weight excluding hydrogens is 789 g/mol. The van der Waals surface area contributed by atoms with Gasteiger partial charge >= 0.3 is 0 Å². The second-order valence-corrected chi connectivity index (χ2v) is 16.7. The van der Waals surface area contributed by atoms with Crippen LogP contribution in [0.1, 0.15) is 0 Å². The SMILES string of the molecule is [B]1c2ccccc2Oc2cc(-c3ccccc3-n3c4ccccc4c4ccccc43)cc(-c3ccc(-c4ccccc4-n4c5ccccc5c5ccccc54)cc3Nc3ccccc3)c21. The molecule has 0 aliphatic carbocycles. The van der Waals surface area contributed by atoms with Crippen LogP contribution in [0.15, 0.2) is 231 Å². The van der Waals surface area contributed by atoms with Crippen LogP contribution in [-0.2, 0) is 0 Å². The Morgan fingerprint density at radius 1 is 0.354 bits per heavy atom. The molecule has 1 radical (unpaired) electrons. The molecule has 4 nitrogen and oxygen atoms in total. The van der Waals surface area contributed by atoms with Crippen molar-refractivity contribution in [2.24, 2.45) is 0 Å². The zero-order valence-electron chi connectivity index (χ0n) is 35.3. The van der Waals surface area contributed by atoms with Crippen LogP contribution in [0.2, 0.25) is 0 Å². The summed E-state index contributed by atoms with van der Waals surface area (Å²) in [6.07, 6.45) is 0. The molecule has 1 N–H and O–H groups in total. The van der Waals surface area contributed by atoms with Crippen molar-refractivity contribution in [2.75, 3.05) is 5.32 Å². The molecule has 3 heterocycles. The number of fused-ring (bicyclic) bond motifs is 8. The summed E-state index contributed by atoms with van der Waals surface area (Å²) >= 11 is 0.